The average Bonchev–Trinajstić information content (AvgIpc) is 2.49. The van der Waals surface area contributed by atoms with E-state index in [0.29, 0.717) is 6.54 Å². The van der Waals surface area contributed by atoms with Crippen molar-refractivity contribution in [2.24, 2.45) is 0 Å². The Hall–Kier alpha value is -2.43. The number of nitrogens with zero attached hydrogens (tertiary/aromatic N) is 1. The molecule has 1 N–H and O–H groups in total. The van der Waals surface area contributed by atoms with Crippen LogP contribution in [0.4, 0.5) is 10.1 Å². The van der Waals surface area contributed by atoms with E-state index in [2.05, 4.69) is 15.0 Å². The fourth-order valence-corrected chi connectivity index (χ4v) is 2.04. The van der Waals surface area contributed by atoms with Gasteiger partial charge in [-0.15, -0.1) is 0 Å². The van der Waals surface area contributed by atoms with E-state index in [1.54, 1.807) is 24.4 Å². The van der Waals surface area contributed by atoms with Gasteiger partial charge in [-0.3, -0.25) is 0 Å². The molecule has 0 amide bonds. The second-order valence-electron chi connectivity index (χ2n) is 4.67. The van der Waals surface area contributed by atoms with Gasteiger partial charge in [0.2, 0.25) is 0 Å². The molecule has 0 fully saturated rings. The summed E-state index contributed by atoms with van der Waals surface area (Å²) in [4.78, 5) is 15.3. The van der Waals surface area contributed by atoms with Gasteiger partial charge in [-0.05, 0) is 48.7 Å². The van der Waals surface area contributed by atoms with Crippen LogP contribution in [0.15, 0.2) is 36.5 Å². The fraction of sp³-hybridized carbons (Fsp3) is 0.250. The summed E-state index contributed by atoms with van der Waals surface area (Å²) < 4.78 is 17.6. The van der Waals surface area contributed by atoms with E-state index in [1.165, 1.54) is 19.2 Å². The quantitative estimate of drug-likeness (QED) is 0.859. The number of esters is 1. The highest BCUT2D eigenvalue weighted by atomic mass is 19.1. The summed E-state index contributed by atoms with van der Waals surface area (Å²) in [6.07, 6.45) is 2.32. The monoisotopic (exact) mass is 288 g/mol. The molecule has 5 heteroatoms. The molecular formula is C16H17FN2O2. The summed E-state index contributed by atoms with van der Waals surface area (Å²) in [5, 5.41) is 3.21. The lowest BCUT2D eigenvalue weighted by atomic mass is 10.1. The summed E-state index contributed by atoms with van der Waals surface area (Å²) in [5.41, 5.74) is 3.08. The molecule has 0 bridgehead atoms. The Bertz CT molecular complexity index is 644. The van der Waals surface area contributed by atoms with E-state index in [9.17, 15) is 9.18 Å². The molecule has 4 nitrogen and oxygen atoms in total. The highest BCUT2D eigenvalue weighted by Gasteiger charge is 2.07. The summed E-state index contributed by atoms with van der Waals surface area (Å²) >= 11 is 0. The van der Waals surface area contributed by atoms with Crippen LogP contribution in [0.5, 0.6) is 0 Å². The highest BCUT2D eigenvalue weighted by Crippen LogP contribution is 2.12. The van der Waals surface area contributed by atoms with E-state index < -0.39 is 5.97 Å². The van der Waals surface area contributed by atoms with Crippen molar-refractivity contribution in [3.63, 3.8) is 0 Å². The molecule has 0 atom stereocenters. The Balaban J connectivity index is 1.95. The van der Waals surface area contributed by atoms with E-state index in [0.717, 1.165) is 23.2 Å². The molecule has 0 aliphatic carbocycles. The second kappa shape index (κ2) is 6.83. The maximum absolute atomic E-state index is 13.0. The third kappa shape index (κ3) is 4.02. The van der Waals surface area contributed by atoms with Crippen molar-refractivity contribution in [1.29, 1.82) is 0 Å². The van der Waals surface area contributed by atoms with Gasteiger partial charge in [0, 0.05) is 18.4 Å². The van der Waals surface area contributed by atoms with Crippen molar-refractivity contribution in [2.75, 3.05) is 19.0 Å². The molecule has 2 rings (SSSR count). The van der Waals surface area contributed by atoms with Gasteiger partial charge >= 0.3 is 5.97 Å². The minimum atomic E-state index is -0.465. The molecule has 1 aromatic carbocycles. The molecule has 21 heavy (non-hydrogen) atoms. The zero-order valence-corrected chi connectivity index (χ0v) is 12.0. The van der Waals surface area contributed by atoms with Crippen LogP contribution in [0.1, 0.15) is 21.6 Å². The predicted molar refractivity (Wildman–Crippen MR) is 78.9 cm³/mol. The number of ether oxygens (including phenoxy) is 1. The zero-order chi connectivity index (χ0) is 15.2. The van der Waals surface area contributed by atoms with Crippen LogP contribution in [-0.2, 0) is 11.2 Å². The molecule has 0 saturated heterocycles. The van der Waals surface area contributed by atoms with Crippen LogP contribution in [0.25, 0.3) is 0 Å². The van der Waals surface area contributed by atoms with Crippen molar-refractivity contribution >= 4 is 11.7 Å². The standard InChI is InChI=1S/C16H17FN2O2/c1-11-9-13(17)4-3-12(11)5-7-18-14-6-8-19-15(10-14)16(20)21-2/h3-4,6,8-10H,5,7H2,1-2H3,(H,18,19). The largest absolute Gasteiger partial charge is 0.464 e. The highest BCUT2D eigenvalue weighted by molar-refractivity contribution is 5.88. The number of carbonyl (C=O) groups excluding carboxylic acids is 1. The van der Waals surface area contributed by atoms with E-state index in [1.807, 2.05) is 6.92 Å². The Morgan fingerprint density at radius 2 is 2.14 bits per heavy atom. The fourth-order valence-electron chi connectivity index (χ4n) is 2.04. The summed E-state index contributed by atoms with van der Waals surface area (Å²) in [6, 6.07) is 8.20. The first kappa shape index (κ1) is 15.0. The number of carbonyl (C=O) groups is 1. The van der Waals surface area contributed by atoms with E-state index in [-0.39, 0.29) is 11.5 Å². The lowest BCUT2D eigenvalue weighted by Crippen LogP contribution is -2.08. The van der Waals surface area contributed by atoms with Gasteiger partial charge in [0.15, 0.2) is 0 Å². The second-order valence-corrected chi connectivity index (χ2v) is 4.67. The summed E-state index contributed by atoms with van der Waals surface area (Å²) in [7, 11) is 1.32. The van der Waals surface area contributed by atoms with Gasteiger partial charge in [0.05, 0.1) is 7.11 Å². The van der Waals surface area contributed by atoms with Crippen LogP contribution in [-0.4, -0.2) is 24.6 Å². The van der Waals surface area contributed by atoms with Gasteiger partial charge in [-0.1, -0.05) is 6.07 Å². The van der Waals surface area contributed by atoms with Crippen LogP contribution in [0.3, 0.4) is 0 Å². The van der Waals surface area contributed by atoms with E-state index >= 15 is 0 Å². The predicted octanol–water partition coefficient (Wildman–Crippen LogP) is 2.97. The molecule has 0 saturated carbocycles. The topological polar surface area (TPSA) is 51.2 Å². The van der Waals surface area contributed by atoms with Crippen molar-refractivity contribution < 1.29 is 13.9 Å². The van der Waals surface area contributed by atoms with Gasteiger partial charge in [0.25, 0.3) is 0 Å². The summed E-state index contributed by atoms with van der Waals surface area (Å²) in [6.45, 7) is 2.57. The molecule has 1 aromatic heterocycles. The van der Waals surface area contributed by atoms with Crippen LogP contribution in [0, 0.1) is 12.7 Å². The van der Waals surface area contributed by atoms with Gasteiger partial charge in [-0.25, -0.2) is 14.2 Å². The molecule has 110 valence electrons. The minimum Gasteiger partial charge on any atom is -0.464 e. The Morgan fingerprint density at radius 3 is 2.86 bits per heavy atom. The SMILES string of the molecule is COC(=O)c1cc(NCCc2ccc(F)cc2C)ccn1. The molecule has 0 aliphatic heterocycles. The Labute approximate surface area is 123 Å². The minimum absolute atomic E-state index is 0.221. The maximum atomic E-state index is 13.0. The third-order valence-electron chi connectivity index (χ3n) is 3.18. The lowest BCUT2D eigenvalue weighted by molar-refractivity contribution is 0.0594. The van der Waals surface area contributed by atoms with Crippen molar-refractivity contribution in [2.45, 2.75) is 13.3 Å². The van der Waals surface area contributed by atoms with Crippen LogP contribution in [0.2, 0.25) is 0 Å². The smallest absolute Gasteiger partial charge is 0.356 e. The Kier molecular flexibility index (Phi) is 4.87. The van der Waals surface area contributed by atoms with Crippen LogP contribution < -0.4 is 5.32 Å². The molecule has 2 aromatic rings. The molecule has 0 radical (unpaired) electrons. The number of rotatable bonds is 5. The van der Waals surface area contributed by atoms with Gasteiger partial charge < -0.3 is 10.1 Å². The number of nitrogens with one attached hydrogen (secondary N) is 1. The Morgan fingerprint density at radius 1 is 1.33 bits per heavy atom. The zero-order valence-electron chi connectivity index (χ0n) is 12.0. The lowest BCUT2D eigenvalue weighted by Gasteiger charge is -2.09. The third-order valence-corrected chi connectivity index (χ3v) is 3.18. The van der Waals surface area contributed by atoms with Gasteiger partial charge in [0.1, 0.15) is 11.5 Å². The average molecular weight is 288 g/mol. The molecule has 0 spiro atoms. The number of aryl methyl sites for hydroxylation is 1. The molecule has 0 aliphatic rings. The first-order valence-corrected chi connectivity index (χ1v) is 6.63. The van der Waals surface area contributed by atoms with E-state index in [4.69, 9.17) is 0 Å². The van der Waals surface area contributed by atoms with Crippen molar-refractivity contribution in [3.8, 4) is 0 Å². The number of hydrogen-bond donors (Lipinski definition) is 1. The number of aromatic nitrogens is 1. The number of methoxy groups -OCH3 is 1. The summed E-state index contributed by atoms with van der Waals surface area (Å²) in [5.74, 6) is -0.686. The number of hydrogen-bond acceptors (Lipinski definition) is 4. The number of halogens is 1. The van der Waals surface area contributed by atoms with Crippen LogP contribution >= 0.6 is 0 Å². The molecule has 0 unspecified atom stereocenters. The first-order valence-electron chi connectivity index (χ1n) is 6.63. The van der Waals surface area contributed by atoms with Crippen molar-refractivity contribution in [1.82, 2.24) is 4.98 Å². The van der Waals surface area contributed by atoms with Crippen molar-refractivity contribution in [3.05, 3.63) is 59.2 Å². The number of benzene rings is 1. The van der Waals surface area contributed by atoms with Gasteiger partial charge in [-0.2, -0.15) is 0 Å². The number of anilines is 1. The maximum Gasteiger partial charge on any atom is 0.356 e. The molecular weight excluding hydrogens is 271 g/mol. The molecule has 1 heterocycles. The number of pyridine rings is 1. The normalized spacial score (nSPS) is 10.2. The first-order chi connectivity index (χ1) is 10.1.